The van der Waals surface area contributed by atoms with E-state index in [9.17, 15) is 14.4 Å². The standard InChI is InChI=1S/C20H34O4/c1-2-3-4-5-6-7-8-12-18(21)16-19(22)13-10-9-11-17-14-15-24-20(17)23/h17H,2-16H2,1H3/t17-/m0/s1. The maximum absolute atomic E-state index is 11.8. The van der Waals surface area contributed by atoms with Crippen molar-refractivity contribution in [2.24, 2.45) is 5.92 Å². The molecule has 1 aliphatic heterocycles. The highest BCUT2D eigenvalue weighted by Gasteiger charge is 2.25. The van der Waals surface area contributed by atoms with Crippen LogP contribution < -0.4 is 0 Å². The lowest BCUT2D eigenvalue weighted by Gasteiger charge is -2.05. The summed E-state index contributed by atoms with van der Waals surface area (Å²) in [6.45, 7) is 2.74. The fourth-order valence-corrected chi connectivity index (χ4v) is 3.19. The molecule has 1 atom stereocenters. The first kappa shape index (κ1) is 20.9. The zero-order valence-corrected chi connectivity index (χ0v) is 15.3. The lowest BCUT2D eigenvalue weighted by Crippen LogP contribution is -2.09. The van der Waals surface area contributed by atoms with E-state index in [4.69, 9.17) is 4.74 Å². The number of esters is 1. The first-order valence-corrected chi connectivity index (χ1v) is 9.83. The molecule has 0 aromatic rings. The Kier molecular flexibility index (Phi) is 11.4. The fourth-order valence-electron chi connectivity index (χ4n) is 3.19. The molecule has 0 radical (unpaired) electrons. The van der Waals surface area contributed by atoms with Crippen molar-refractivity contribution in [2.45, 2.75) is 96.8 Å². The monoisotopic (exact) mass is 338 g/mol. The molecule has 0 aliphatic carbocycles. The van der Waals surface area contributed by atoms with Gasteiger partial charge in [-0.05, 0) is 25.7 Å². The number of Topliss-reactive ketones (excluding diaryl/α,β-unsaturated/α-hetero) is 2. The summed E-state index contributed by atoms with van der Waals surface area (Å²) >= 11 is 0. The van der Waals surface area contributed by atoms with Crippen molar-refractivity contribution in [3.05, 3.63) is 0 Å². The van der Waals surface area contributed by atoms with Gasteiger partial charge in [0.05, 0.1) is 18.9 Å². The minimum absolute atomic E-state index is 0.0269. The van der Waals surface area contributed by atoms with Gasteiger partial charge >= 0.3 is 5.97 Å². The van der Waals surface area contributed by atoms with E-state index >= 15 is 0 Å². The minimum atomic E-state index is -0.0915. The van der Waals surface area contributed by atoms with Gasteiger partial charge in [0.15, 0.2) is 0 Å². The number of unbranched alkanes of at least 4 members (excludes halogenated alkanes) is 7. The van der Waals surface area contributed by atoms with Crippen LogP contribution in [0.1, 0.15) is 96.8 Å². The second kappa shape index (κ2) is 13.1. The van der Waals surface area contributed by atoms with Gasteiger partial charge in [-0.3, -0.25) is 14.4 Å². The number of carbonyl (C=O) groups is 3. The van der Waals surface area contributed by atoms with Crippen LogP contribution in [0.3, 0.4) is 0 Å². The molecule has 4 nitrogen and oxygen atoms in total. The molecule has 0 N–H and O–H groups in total. The number of ketones is 2. The Hall–Kier alpha value is -1.19. The second-order valence-corrected chi connectivity index (χ2v) is 7.02. The highest BCUT2D eigenvalue weighted by Crippen LogP contribution is 2.21. The molecule has 138 valence electrons. The molecular formula is C20H34O4. The van der Waals surface area contributed by atoms with Gasteiger partial charge in [0.1, 0.15) is 11.6 Å². The molecule has 0 aromatic heterocycles. The van der Waals surface area contributed by atoms with Crippen LogP contribution in [0, 0.1) is 5.92 Å². The molecule has 1 fully saturated rings. The molecule has 0 amide bonds. The third-order valence-corrected chi connectivity index (χ3v) is 4.76. The Morgan fingerprint density at radius 2 is 1.50 bits per heavy atom. The van der Waals surface area contributed by atoms with Gasteiger partial charge in [0, 0.05) is 12.8 Å². The predicted molar refractivity (Wildman–Crippen MR) is 94.8 cm³/mol. The summed E-state index contributed by atoms with van der Waals surface area (Å²) in [5.74, 6) is 0.0788. The van der Waals surface area contributed by atoms with E-state index in [0.717, 1.165) is 38.5 Å². The second-order valence-electron chi connectivity index (χ2n) is 7.02. The number of ether oxygens (including phenoxy) is 1. The van der Waals surface area contributed by atoms with Gasteiger partial charge in [0.25, 0.3) is 0 Å². The van der Waals surface area contributed by atoms with Crippen LogP contribution >= 0.6 is 0 Å². The van der Waals surface area contributed by atoms with Crippen LogP contribution in [0.5, 0.6) is 0 Å². The number of rotatable bonds is 15. The Bertz CT molecular complexity index is 389. The van der Waals surface area contributed by atoms with Crippen LogP contribution in [0.2, 0.25) is 0 Å². The van der Waals surface area contributed by atoms with Crippen LogP contribution in [0.15, 0.2) is 0 Å². The third kappa shape index (κ3) is 9.84. The topological polar surface area (TPSA) is 60.4 Å². The quantitative estimate of drug-likeness (QED) is 0.245. The van der Waals surface area contributed by atoms with Crippen LogP contribution in [-0.2, 0) is 19.1 Å². The fraction of sp³-hybridized carbons (Fsp3) is 0.850. The van der Waals surface area contributed by atoms with Crippen molar-refractivity contribution >= 4 is 17.5 Å². The largest absolute Gasteiger partial charge is 0.465 e. The van der Waals surface area contributed by atoms with Gasteiger partial charge in [-0.1, -0.05) is 51.9 Å². The number of cyclic esters (lactones) is 1. The maximum atomic E-state index is 11.8. The lowest BCUT2D eigenvalue weighted by atomic mass is 9.98. The summed E-state index contributed by atoms with van der Waals surface area (Å²) in [6, 6.07) is 0. The molecule has 0 aromatic carbocycles. The molecule has 1 saturated heterocycles. The van der Waals surface area contributed by atoms with Gasteiger partial charge in [0.2, 0.25) is 0 Å². The summed E-state index contributed by atoms with van der Waals surface area (Å²) < 4.78 is 4.92. The summed E-state index contributed by atoms with van der Waals surface area (Å²) in [4.78, 5) is 34.9. The van der Waals surface area contributed by atoms with Crippen molar-refractivity contribution in [2.75, 3.05) is 6.61 Å². The first-order valence-electron chi connectivity index (χ1n) is 9.83. The minimum Gasteiger partial charge on any atom is -0.465 e. The van der Waals surface area contributed by atoms with E-state index in [1.54, 1.807) is 0 Å². The Labute approximate surface area is 146 Å². The van der Waals surface area contributed by atoms with Crippen molar-refractivity contribution in [1.82, 2.24) is 0 Å². The van der Waals surface area contributed by atoms with Gasteiger partial charge in [-0.2, -0.15) is 0 Å². The molecule has 1 rings (SSSR count). The van der Waals surface area contributed by atoms with Gasteiger partial charge < -0.3 is 4.74 Å². The molecule has 0 bridgehead atoms. The van der Waals surface area contributed by atoms with E-state index in [0.29, 0.717) is 19.4 Å². The molecule has 0 spiro atoms. The molecular weight excluding hydrogens is 304 g/mol. The van der Waals surface area contributed by atoms with Crippen LogP contribution in [-0.4, -0.2) is 24.1 Å². The third-order valence-electron chi connectivity index (χ3n) is 4.76. The average Bonchev–Trinajstić information content (AvgIpc) is 2.96. The van der Waals surface area contributed by atoms with Gasteiger partial charge in [-0.25, -0.2) is 0 Å². The first-order chi connectivity index (χ1) is 11.6. The highest BCUT2D eigenvalue weighted by molar-refractivity contribution is 5.98. The highest BCUT2D eigenvalue weighted by atomic mass is 16.5. The van der Waals surface area contributed by atoms with Crippen molar-refractivity contribution in [3.63, 3.8) is 0 Å². The van der Waals surface area contributed by atoms with E-state index < -0.39 is 0 Å². The predicted octanol–water partition coefficient (Wildman–Crippen LogP) is 4.78. The number of hydrogen-bond donors (Lipinski definition) is 0. The number of hydrogen-bond acceptors (Lipinski definition) is 4. The smallest absolute Gasteiger partial charge is 0.309 e. The Morgan fingerprint density at radius 3 is 2.08 bits per heavy atom. The van der Waals surface area contributed by atoms with E-state index in [-0.39, 0.29) is 29.9 Å². The Morgan fingerprint density at radius 1 is 0.917 bits per heavy atom. The van der Waals surface area contributed by atoms with Crippen molar-refractivity contribution in [3.8, 4) is 0 Å². The normalized spacial score (nSPS) is 17.0. The molecule has 1 aliphatic rings. The van der Waals surface area contributed by atoms with Crippen molar-refractivity contribution < 1.29 is 19.1 Å². The SMILES string of the molecule is CCCCCCCCCC(=O)CC(=O)CCCC[C@H]1CCOC1=O. The molecule has 0 saturated carbocycles. The van der Waals surface area contributed by atoms with Crippen LogP contribution in [0.25, 0.3) is 0 Å². The summed E-state index contributed by atoms with van der Waals surface area (Å²) in [7, 11) is 0. The zero-order valence-electron chi connectivity index (χ0n) is 15.3. The van der Waals surface area contributed by atoms with Gasteiger partial charge in [-0.15, -0.1) is 0 Å². The lowest BCUT2D eigenvalue weighted by molar-refractivity contribution is -0.141. The van der Waals surface area contributed by atoms with Crippen LogP contribution in [0.4, 0.5) is 0 Å². The molecule has 4 heteroatoms. The zero-order chi connectivity index (χ0) is 17.6. The molecule has 24 heavy (non-hydrogen) atoms. The maximum Gasteiger partial charge on any atom is 0.309 e. The summed E-state index contributed by atoms with van der Waals surface area (Å²) in [5, 5.41) is 0. The number of carbonyl (C=O) groups excluding carboxylic acids is 3. The summed E-state index contributed by atoms with van der Waals surface area (Å²) in [6.07, 6.45) is 12.7. The molecule has 1 heterocycles. The van der Waals surface area contributed by atoms with E-state index in [2.05, 4.69) is 6.92 Å². The van der Waals surface area contributed by atoms with Crippen molar-refractivity contribution in [1.29, 1.82) is 0 Å². The van der Waals surface area contributed by atoms with E-state index in [1.165, 1.54) is 32.1 Å². The summed E-state index contributed by atoms with van der Waals surface area (Å²) in [5.41, 5.74) is 0. The Balaban J connectivity index is 1.93. The van der Waals surface area contributed by atoms with E-state index in [1.807, 2.05) is 0 Å². The molecule has 0 unspecified atom stereocenters. The average molecular weight is 338 g/mol.